The van der Waals surface area contributed by atoms with Crippen molar-refractivity contribution in [2.75, 3.05) is 5.73 Å². The molecule has 0 amide bonds. The van der Waals surface area contributed by atoms with Crippen molar-refractivity contribution in [3.63, 3.8) is 0 Å². The smallest absolute Gasteiger partial charge is 0.335 e. The van der Waals surface area contributed by atoms with Gasteiger partial charge in [0.1, 0.15) is 5.82 Å². The molecule has 64 valence electrons. The monoisotopic (exact) mass is 169 g/mol. The molecule has 1 aromatic rings. The first-order valence-electron chi connectivity index (χ1n) is 3.31. The fraction of sp³-hybridized carbons (Fsp3) is 0.125. The minimum Gasteiger partial charge on any atom is -0.478 e. The third-order valence-electron chi connectivity index (χ3n) is 1.63. The zero-order chi connectivity index (χ0) is 9.30. The van der Waals surface area contributed by atoms with E-state index in [2.05, 4.69) is 0 Å². The lowest BCUT2D eigenvalue weighted by Crippen LogP contribution is -2.01. The number of nitrogens with two attached hydrogens (primary N) is 1. The Bertz CT molecular complexity index is 313. The minimum absolute atomic E-state index is 0.129. The average Bonchev–Trinajstić information content (AvgIpc) is 1.99. The molecule has 0 bridgehead atoms. The topological polar surface area (TPSA) is 63.3 Å². The van der Waals surface area contributed by atoms with Crippen LogP contribution in [0.5, 0.6) is 0 Å². The van der Waals surface area contributed by atoms with Gasteiger partial charge < -0.3 is 10.8 Å². The first kappa shape index (κ1) is 8.52. The van der Waals surface area contributed by atoms with E-state index < -0.39 is 11.8 Å². The molecule has 0 aliphatic carbocycles. The molecule has 3 nitrogen and oxygen atoms in total. The van der Waals surface area contributed by atoms with Crippen molar-refractivity contribution in [1.82, 2.24) is 0 Å². The molecule has 4 heteroatoms. The second kappa shape index (κ2) is 2.81. The van der Waals surface area contributed by atoms with E-state index in [1.807, 2.05) is 0 Å². The molecule has 0 radical (unpaired) electrons. The Kier molecular flexibility index (Phi) is 1.99. The molecule has 0 spiro atoms. The van der Waals surface area contributed by atoms with Crippen LogP contribution in [0.1, 0.15) is 15.9 Å². The zero-order valence-electron chi connectivity index (χ0n) is 6.47. The molecule has 0 atom stereocenters. The number of halogens is 1. The summed E-state index contributed by atoms with van der Waals surface area (Å²) in [4.78, 5) is 10.4. The lowest BCUT2D eigenvalue weighted by Gasteiger charge is -2.02. The van der Waals surface area contributed by atoms with Crippen molar-refractivity contribution in [3.05, 3.63) is 29.1 Å². The molecule has 0 aliphatic rings. The van der Waals surface area contributed by atoms with Gasteiger partial charge in [-0.1, -0.05) is 0 Å². The molecular weight excluding hydrogens is 161 g/mol. The summed E-state index contributed by atoms with van der Waals surface area (Å²) in [6.07, 6.45) is 0. The van der Waals surface area contributed by atoms with Gasteiger partial charge in [0.2, 0.25) is 0 Å². The predicted molar refractivity (Wildman–Crippen MR) is 42.5 cm³/mol. The van der Waals surface area contributed by atoms with Gasteiger partial charge in [-0.3, -0.25) is 0 Å². The third-order valence-corrected chi connectivity index (χ3v) is 1.63. The van der Waals surface area contributed by atoms with Crippen LogP contribution in [0.15, 0.2) is 12.1 Å². The van der Waals surface area contributed by atoms with Crippen molar-refractivity contribution in [2.45, 2.75) is 6.92 Å². The highest BCUT2D eigenvalue weighted by atomic mass is 19.1. The van der Waals surface area contributed by atoms with Crippen molar-refractivity contribution < 1.29 is 14.3 Å². The van der Waals surface area contributed by atoms with Gasteiger partial charge in [0.05, 0.1) is 5.56 Å². The number of carboxylic acids is 1. The summed E-state index contributed by atoms with van der Waals surface area (Å²) >= 11 is 0. The number of carbonyl (C=O) groups is 1. The van der Waals surface area contributed by atoms with Gasteiger partial charge in [-0.15, -0.1) is 0 Å². The number of hydrogen-bond acceptors (Lipinski definition) is 2. The molecule has 3 N–H and O–H groups in total. The maximum atomic E-state index is 12.9. The van der Waals surface area contributed by atoms with Gasteiger partial charge in [-0.05, 0) is 19.1 Å². The molecule has 0 aromatic heterocycles. The lowest BCUT2D eigenvalue weighted by molar-refractivity contribution is 0.0696. The van der Waals surface area contributed by atoms with Gasteiger partial charge in [-0.2, -0.15) is 0 Å². The molecular formula is C8H8FNO2. The zero-order valence-corrected chi connectivity index (χ0v) is 6.47. The van der Waals surface area contributed by atoms with Gasteiger partial charge in [0.15, 0.2) is 0 Å². The summed E-state index contributed by atoms with van der Waals surface area (Å²) in [6.45, 7) is 1.50. The fourth-order valence-electron chi connectivity index (χ4n) is 0.824. The molecule has 1 aromatic carbocycles. The molecule has 0 unspecified atom stereocenters. The van der Waals surface area contributed by atoms with Crippen molar-refractivity contribution in [2.24, 2.45) is 0 Å². The highest BCUT2D eigenvalue weighted by Gasteiger charge is 2.08. The summed E-state index contributed by atoms with van der Waals surface area (Å²) in [5.74, 6) is -1.77. The predicted octanol–water partition coefficient (Wildman–Crippen LogP) is 1.41. The van der Waals surface area contributed by atoms with E-state index in [1.165, 1.54) is 13.0 Å². The van der Waals surface area contributed by atoms with Gasteiger partial charge in [0.25, 0.3) is 0 Å². The van der Waals surface area contributed by atoms with E-state index >= 15 is 0 Å². The van der Waals surface area contributed by atoms with Crippen LogP contribution in [0, 0.1) is 12.7 Å². The van der Waals surface area contributed by atoms with Crippen LogP contribution in [0.3, 0.4) is 0 Å². The van der Waals surface area contributed by atoms with Crippen LogP contribution in [0.25, 0.3) is 0 Å². The minimum atomic E-state index is -1.18. The average molecular weight is 169 g/mol. The summed E-state index contributed by atoms with van der Waals surface area (Å²) < 4.78 is 12.9. The number of carboxylic acid groups (broad SMARTS) is 1. The maximum absolute atomic E-state index is 12.9. The SMILES string of the molecule is Cc1c(N)cc(C(=O)O)cc1F. The molecule has 0 fully saturated rings. The maximum Gasteiger partial charge on any atom is 0.335 e. The molecule has 0 saturated heterocycles. The number of aromatic carboxylic acids is 1. The molecule has 12 heavy (non-hydrogen) atoms. The molecule has 1 rings (SSSR count). The van der Waals surface area contributed by atoms with Crippen molar-refractivity contribution >= 4 is 11.7 Å². The van der Waals surface area contributed by atoms with Crippen LogP contribution >= 0.6 is 0 Å². The number of anilines is 1. The van der Waals surface area contributed by atoms with Gasteiger partial charge in [0, 0.05) is 11.3 Å². The number of hydrogen-bond donors (Lipinski definition) is 2. The van der Waals surface area contributed by atoms with Crippen molar-refractivity contribution in [3.8, 4) is 0 Å². The first-order valence-corrected chi connectivity index (χ1v) is 3.31. The Hall–Kier alpha value is -1.58. The van der Waals surface area contributed by atoms with E-state index in [4.69, 9.17) is 10.8 Å². The van der Waals surface area contributed by atoms with E-state index in [1.54, 1.807) is 0 Å². The third kappa shape index (κ3) is 1.37. The van der Waals surface area contributed by atoms with E-state index in [0.717, 1.165) is 6.07 Å². The quantitative estimate of drug-likeness (QED) is 0.625. The van der Waals surface area contributed by atoms with Crippen molar-refractivity contribution in [1.29, 1.82) is 0 Å². The van der Waals surface area contributed by atoms with Crippen LogP contribution in [-0.4, -0.2) is 11.1 Å². The molecule has 0 saturated carbocycles. The summed E-state index contributed by atoms with van der Waals surface area (Å²) in [5, 5.41) is 8.50. The van der Waals surface area contributed by atoms with Crippen LogP contribution in [0.4, 0.5) is 10.1 Å². The normalized spacial score (nSPS) is 9.83. The van der Waals surface area contributed by atoms with Crippen LogP contribution in [0.2, 0.25) is 0 Å². The summed E-state index contributed by atoms with van der Waals surface area (Å²) in [7, 11) is 0. The van der Waals surface area contributed by atoms with E-state index in [0.29, 0.717) is 0 Å². The Morgan fingerprint density at radius 2 is 2.17 bits per heavy atom. The number of nitrogen functional groups attached to an aromatic ring is 1. The van der Waals surface area contributed by atoms with Gasteiger partial charge in [-0.25, -0.2) is 9.18 Å². The molecule has 0 heterocycles. The van der Waals surface area contributed by atoms with Gasteiger partial charge >= 0.3 is 5.97 Å². The van der Waals surface area contributed by atoms with Crippen LogP contribution < -0.4 is 5.73 Å². The lowest BCUT2D eigenvalue weighted by atomic mass is 10.1. The highest BCUT2D eigenvalue weighted by molar-refractivity contribution is 5.89. The fourth-order valence-corrected chi connectivity index (χ4v) is 0.824. The summed E-state index contributed by atoms with van der Waals surface area (Å²) in [6, 6.07) is 2.19. The Balaban J connectivity index is 3.31. The van der Waals surface area contributed by atoms with Crippen LogP contribution in [-0.2, 0) is 0 Å². The highest BCUT2D eigenvalue weighted by Crippen LogP contribution is 2.17. The first-order chi connectivity index (χ1) is 5.52. The number of rotatable bonds is 1. The second-order valence-electron chi connectivity index (χ2n) is 2.48. The standard InChI is InChI=1S/C8H8FNO2/c1-4-6(9)2-5(8(11)12)3-7(4)10/h2-3H,10H2,1H3,(H,11,12). The second-order valence-corrected chi connectivity index (χ2v) is 2.48. The Labute approximate surface area is 68.6 Å². The number of benzene rings is 1. The van der Waals surface area contributed by atoms with E-state index in [9.17, 15) is 9.18 Å². The molecule has 0 aliphatic heterocycles. The largest absolute Gasteiger partial charge is 0.478 e. The Morgan fingerprint density at radius 3 is 2.58 bits per heavy atom. The Morgan fingerprint density at radius 1 is 1.58 bits per heavy atom. The van der Waals surface area contributed by atoms with E-state index in [-0.39, 0.29) is 16.8 Å². The summed E-state index contributed by atoms with van der Waals surface area (Å²) in [5.41, 5.74) is 5.66.